The highest BCUT2D eigenvalue weighted by atomic mass is 79.9. The fraction of sp³-hybridized carbons (Fsp3) is 1.00. The Bertz CT molecular complexity index is 171. The molecule has 0 radical (unpaired) electrons. The van der Waals surface area contributed by atoms with Crippen LogP contribution in [0.2, 0.25) is 0 Å². The predicted octanol–water partition coefficient (Wildman–Crippen LogP) is 7.23. The number of rotatable bonds is 16. The van der Waals surface area contributed by atoms with E-state index in [1.165, 1.54) is 89.9 Å². The molecule has 0 saturated carbocycles. The second-order valence-corrected chi connectivity index (χ2v) is 7.30. The molecule has 0 spiro atoms. The maximum absolute atomic E-state index is 5.47. The van der Waals surface area contributed by atoms with E-state index in [4.69, 9.17) is 4.74 Å². The quantitative estimate of drug-likeness (QED) is 0.211. The second kappa shape index (κ2) is 17.5. The Morgan fingerprint density at radius 3 is 1.35 bits per heavy atom. The van der Waals surface area contributed by atoms with Gasteiger partial charge in [0.2, 0.25) is 0 Å². The number of unbranched alkanes of at least 4 members (excludes halogenated alkanes) is 13. The monoisotopic (exact) mass is 348 g/mol. The van der Waals surface area contributed by atoms with Crippen LogP contribution >= 0.6 is 15.9 Å². The summed E-state index contributed by atoms with van der Waals surface area (Å²) in [5.74, 6) is 0. The lowest BCUT2D eigenvalue weighted by Crippen LogP contribution is -2.00. The topological polar surface area (TPSA) is 9.23 Å². The number of halogens is 1. The average molecular weight is 349 g/mol. The van der Waals surface area contributed by atoms with Crippen LogP contribution in [0.4, 0.5) is 0 Å². The standard InChI is InChI=1S/C18H37BrO/c1-3-4-5-6-7-8-9-10-11-12-13-14-15-16-17-20-18(2)19/h18H,3-17H2,1-2H3. The zero-order valence-electron chi connectivity index (χ0n) is 14.0. The molecule has 0 amide bonds. The van der Waals surface area contributed by atoms with Crippen LogP contribution in [-0.2, 0) is 4.74 Å². The lowest BCUT2D eigenvalue weighted by molar-refractivity contribution is 0.124. The molecule has 2 heteroatoms. The van der Waals surface area contributed by atoms with Crippen LogP contribution in [-0.4, -0.2) is 11.6 Å². The Hall–Kier alpha value is 0.440. The van der Waals surface area contributed by atoms with Crippen molar-refractivity contribution in [2.24, 2.45) is 0 Å². The third kappa shape index (κ3) is 18.4. The van der Waals surface area contributed by atoms with E-state index < -0.39 is 0 Å². The highest BCUT2D eigenvalue weighted by Crippen LogP contribution is 2.13. The maximum Gasteiger partial charge on any atom is 0.109 e. The summed E-state index contributed by atoms with van der Waals surface area (Å²) in [6.07, 6.45) is 19.8. The van der Waals surface area contributed by atoms with Crippen LogP contribution in [0.25, 0.3) is 0 Å². The van der Waals surface area contributed by atoms with Gasteiger partial charge in [-0.05, 0) is 13.3 Å². The van der Waals surface area contributed by atoms with Crippen LogP contribution < -0.4 is 0 Å². The molecular weight excluding hydrogens is 312 g/mol. The molecule has 1 atom stereocenters. The first kappa shape index (κ1) is 20.4. The fourth-order valence-electron chi connectivity index (χ4n) is 2.54. The minimum atomic E-state index is 0.212. The van der Waals surface area contributed by atoms with E-state index in [1.54, 1.807) is 0 Å². The number of hydrogen-bond donors (Lipinski definition) is 0. The van der Waals surface area contributed by atoms with Crippen molar-refractivity contribution in [3.8, 4) is 0 Å². The summed E-state index contributed by atoms with van der Waals surface area (Å²) in [5, 5.41) is 0.212. The lowest BCUT2D eigenvalue weighted by Gasteiger charge is -2.05. The number of alkyl halides is 1. The van der Waals surface area contributed by atoms with Gasteiger partial charge in [0.25, 0.3) is 0 Å². The first-order valence-electron chi connectivity index (χ1n) is 9.03. The van der Waals surface area contributed by atoms with Gasteiger partial charge >= 0.3 is 0 Å². The van der Waals surface area contributed by atoms with E-state index in [1.807, 2.05) is 6.92 Å². The van der Waals surface area contributed by atoms with Gasteiger partial charge in [0, 0.05) is 6.61 Å². The summed E-state index contributed by atoms with van der Waals surface area (Å²) >= 11 is 3.39. The molecule has 1 nitrogen and oxygen atoms in total. The second-order valence-electron chi connectivity index (χ2n) is 6.01. The Kier molecular flexibility index (Phi) is 17.9. The molecule has 0 aromatic carbocycles. The van der Waals surface area contributed by atoms with Crippen LogP contribution in [0.1, 0.15) is 104 Å². The molecule has 0 aliphatic heterocycles. The first-order valence-corrected chi connectivity index (χ1v) is 9.94. The van der Waals surface area contributed by atoms with E-state index in [9.17, 15) is 0 Å². The van der Waals surface area contributed by atoms with Crippen LogP contribution in [0, 0.1) is 0 Å². The molecule has 20 heavy (non-hydrogen) atoms. The van der Waals surface area contributed by atoms with Gasteiger partial charge in [-0.1, -0.05) is 106 Å². The van der Waals surface area contributed by atoms with Gasteiger partial charge < -0.3 is 4.74 Å². The molecule has 0 N–H and O–H groups in total. The summed E-state index contributed by atoms with van der Waals surface area (Å²) in [4.78, 5) is 0. The summed E-state index contributed by atoms with van der Waals surface area (Å²) < 4.78 is 5.47. The van der Waals surface area contributed by atoms with Gasteiger partial charge in [-0.25, -0.2) is 0 Å². The maximum atomic E-state index is 5.47. The van der Waals surface area contributed by atoms with Crippen molar-refractivity contribution in [3.63, 3.8) is 0 Å². The zero-order chi connectivity index (χ0) is 14.9. The van der Waals surface area contributed by atoms with Crippen molar-refractivity contribution in [2.75, 3.05) is 6.61 Å². The molecule has 0 heterocycles. The van der Waals surface area contributed by atoms with Gasteiger partial charge in [-0.2, -0.15) is 0 Å². The van der Waals surface area contributed by atoms with Crippen molar-refractivity contribution >= 4 is 15.9 Å². The first-order chi connectivity index (χ1) is 9.77. The normalized spacial score (nSPS) is 12.8. The largest absolute Gasteiger partial charge is 0.367 e. The fourth-order valence-corrected chi connectivity index (χ4v) is 2.73. The molecular formula is C18H37BrO. The zero-order valence-corrected chi connectivity index (χ0v) is 15.6. The molecule has 122 valence electrons. The van der Waals surface area contributed by atoms with Gasteiger partial charge in [0.1, 0.15) is 5.01 Å². The van der Waals surface area contributed by atoms with Gasteiger partial charge in [-0.15, -0.1) is 0 Å². The van der Waals surface area contributed by atoms with Gasteiger partial charge in [0.05, 0.1) is 0 Å². The van der Waals surface area contributed by atoms with Crippen molar-refractivity contribution in [1.82, 2.24) is 0 Å². The molecule has 1 unspecified atom stereocenters. The highest BCUT2D eigenvalue weighted by molar-refractivity contribution is 9.09. The summed E-state index contributed by atoms with van der Waals surface area (Å²) in [6, 6.07) is 0. The molecule has 0 rings (SSSR count). The Morgan fingerprint density at radius 2 is 1.00 bits per heavy atom. The summed E-state index contributed by atoms with van der Waals surface area (Å²) in [6.45, 7) is 5.23. The van der Waals surface area contributed by atoms with E-state index in [2.05, 4.69) is 22.9 Å². The van der Waals surface area contributed by atoms with E-state index >= 15 is 0 Å². The molecule has 0 aliphatic rings. The van der Waals surface area contributed by atoms with Crippen molar-refractivity contribution < 1.29 is 4.74 Å². The van der Waals surface area contributed by atoms with Crippen molar-refractivity contribution in [3.05, 3.63) is 0 Å². The van der Waals surface area contributed by atoms with E-state index in [0.29, 0.717) is 0 Å². The van der Waals surface area contributed by atoms with Gasteiger partial charge in [0.15, 0.2) is 0 Å². The number of hydrogen-bond acceptors (Lipinski definition) is 1. The SMILES string of the molecule is CCCCCCCCCCCCCCCCOC(C)Br. The van der Waals surface area contributed by atoms with Crippen molar-refractivity contribution in [1.29, 1.82) is 0 Å². The van der Waals surface area contributed by atoms with E-state index in [0.717, 1.165) is 6.61 Å². The Balaban J connectivity index is 2.92. The highest BCUT2D eigenvalue weighted by Gasteiger charge is 1.96. The Morgan fingerprint density at radius 1 is 0.650 bits per heavy atom. The summed E-state index contributed by atoms with van der Waals surface area (Å²) in [7, 11) is 0. The summed E-state index contributed by atoms with van der Waals surface area (Å²) in [5.41, 5.74) is 0. The van der Waals surface area contributed by atoms with Gasteiger partial charge in [-0.3, -0.25) is 0 Å². The van der Waals surface area contributed by atoms with Crippen molar-refractivity contribution in [2.45, 2.75) is 109 Å². The molecule has 0 saturated heterocycles. The minimum Gasteiger partial charge on any atom is -0.367 e. The van der Waals surface area contributed by atoms with Crippen LogP contribution in [0.3, 0.4) is 0 Å². The Labute approximate surface area is 136 Å². The minimum absolute atomic E-state index is 0.212. The van der Waals surface area contributed by atoms with E-state index in [-0.39, 0.29) is 5.01 Å². The lowest BCUT2D eigenvalue weighted by atomic mass is 10.0. The molecule has 0 aliphatic carbocycles. The molecule has 0 bridgehead atoms. The third-order valence-corrected chi connectivity index (χ3v) is 4.11. The van der Waals surface area contributed by atoms with Crippen LogP contribution in [0.5, 0.6) is 0 Å². The molecule has 0 aromatic heterocycles. The van der Waals surface area contributed by atoms with Crippen LogP contribution in [0.15, 0.2) is 0 Å². The molecule has 0 aromatic rings. The number of ether oxygens (including phenoxy) is 1. The predicted molar refractivity (Wildman–Crippen MR) is 94.7 cm³/mol. The smallest absolute Gasteiger partial charge is 0.109 e. The third-order valence-electron chi connectivity index (χ3n) is 3.85. The molecule has 0 fully saturated rings. The average Bonchev–Trinajstić information content (AvgIpc) is 2.43.